The minimum atomic E-state index is 0.823. The van der Waals surface area contributed by atoms with Crippen molar-refractivity contribution in [3.8, 4) is 0 Å². The maximum absolute atomic E-state index is 2.33. The number of hydrogen-bond donors (Lipinski definition) is 0. The summed E-state index contributed by atoms with van der Waals surface area (Å²) < 4.78 is 0. The van der Waals surface area contributed by atoms with Gasteiger partial charge < -0.3 is 0 Å². The van der Waals surface area contributed by atoms with Gasteiger partial charge in [-0.2, -0.15) is 0 Å². The van der Waals surface area contributed by atoms with Gasteiger partial charge in [-0.15, -0.1) is 0 Å². The Hall–Kier alpha value is -0.260. The molecule has 1 rings (SSSR count). The molecule has 66 valence electrons. The van der Waals surface area contributed by atoms with Crippen LogP contribution in [0.2, 0.25) is 0 Å². The van der Waals surface area contributed by atoms with Gasteiger partial charge in [0, 0.05) is 0 Å². The molecule has 1 aliphatic carbocycles. The third-order valence-electron chi connectivity index (χ3n) is 2.13. The lowest BCUT2D eigenvalue weighted by Crippen LogP contribution is -2.07. The normalized spacial score (nSPS) is 29.1. The summed E-state index contributed by atoms with van der Waals surface area (Å²) in [4.78, 5) is 0. The van der Waals surface area contributed by atoms with Crippen molar-refractivity contribution in [1.82, 2.24) is 0 Å². The summed E-state index contributed by atoms with van der Waals surface area (Å²) in [5.41, 5.74) is 0. The van der Waals surface area contributed by atoms with Crippen LogP contribution in [0.5, 0.6) is 0 Å². The van der Waals surface area contributed by atoms with Crippen molar-refractivity contribution in [3.63, 3.8) is 0 Å². The first-order valence-electron chi connectivity index (χ1n) is 4.89. The van der Waals surface area contributed by atoms with E-state index >= 15 is 0 Å². The lowest BCUT2D eigenvalue weighted by molar-refractivity contribution is 0.413. The van der Waals surface area contributed by atoms with E-state index in [9.17, 15) is 0 Å². The van der Waals surface area contributed by atoms with Crippen LogP contribution < -0.4 is 0 Å². The Morgan fingerprint density at radius 3 is 2.09 bits per heavy atom. The molecule has 0 heteroatoms. The Morgan fingerprint density at radius 1 is 1.27 bits per heavy atom. The van der Waals surface area contributed by atoms with E-state index in [1.807, 2.05) is 0 Å². The molecule has 0 heterocycles. The zero-order valence-electron chi connectivity index (χ0n) is 8.43. The summed E-state index contributed by atoms with van der Waals surface area (Å²) in [7, 11) is 0. The van der Waals surface area contributed by atoms with E-state index in [0.717, 1.165) is 11.8 Å². The second-order valence-electron chi connectivity index (χ2n) is 3.55. The summed E-state index contributed by atoms with van der Waals surface area (Å²) in [5, 5.41) is 0. The van der Waals surface area contributed by atoms with Crippen molar-refractivity contribution < 1.29 is 0 Å². The molecule has 0 aromatic carbocycles. The van der Waals surface area contributed by atoms with Crippen molar-refractivity contribution in [1.29, 1.82) is 0 Å². The van der Waals surface area contributed by atoms with Crippen LogP contribution >= 0.6 is 0 Å². The molecule has 2 unspecified atom stereocenters. The summed E-state index contributed by atoms with van der Waals surface area (Å²) >= 11 is 0. The second kappa shape index (κ2) is 6.45. The predicted octanol–water partition coefficient (Wildman–Crippen LogP) is 4.02. The highest BCUT2D eigenvalue weighted by Crippen LogP contribution is 2.22. The van der Waals surface area contributed by atoms with Crippen molar-refractivity contribution >= 4 is 0 Å². The van der Waals surface area contributed by atoms with Crippen LogP contribution in [0.4, 0.5) is 0 Å². The molecule has 2 atom stereocenters. The SMILES string of the molecule is CC1C=CCCC1C.CCC. The van der Waals surface area contributed by atoms with Crippen LogP contribution in [0.25, 0.3) is 0 Å². The van der Waals surface area contributed by atoms with Gasteiger partial charge in [-0.1, -0.05) is 46.3 Å². The first-order valence-corrected chi connectivity index (χ1v) is 4.89. The van der Waals surface area contributed by atoms with Crippen LogP contribution in [0.3, 0.4) is 0 Å². The smallest absolute Gasteiger partial charge is 0.0236 e. The first kappa shape index (κ1) is 10.7. The number of rotatable bonds is 0. The summed E-state index contributed by atoms with van der Waals surface area (Å²) in [5.74, 6) is 1.74. The lowest BCUT2D eigenvalue weighted by atomic mass is 9.87. The van der Waals surface area contributed by atoms with Gasteiger partial charge in [0.25, 0.3) is 0 Å². The van der Waals surface area contributed by atoms with Crippen LogP contribution in [-0.2, 0) is 0 Å². The Bertz CT molecular complexity index is 103. The average Bonchev–Trinajstić information content (AvgIpc) is 1.97. The molecular formula is C11H22. The van der Waals surface area contributed by atoms with Gasteiger partial charge in [-0.25, -0.2) is 0 Å². The zero-order valence-corrected chi connectivity index (χ0v) is 8.43. The van der Waals surface area contributed by atoms with E-state index in [2.05, 4.69) is 39.8 Å². The van der Waals surface area contributed by atoms with Crippen LogP contribution in [0.15, 0.2) is 12.2 Å². The van der Waals surface area contributed by atoms with E-state index in [0.29, 0.717) is 0 Å². The maximum Gasteiger partial charge on any atom is -0.0236 e. The van der Waals surface area contributed by atoms with Gasteiger partial charge in [-0.3, -0.25) is 0 Å². The fourth-order valence-corrected chi connectivity index (χ4v) is 1.12. The van der Waals surface area contributed by atoms with Crippen molar-refractivity contribution in [3.05, 3.63) is 12.2 Å². The molecule has 1 aliphatic rings. The molecule has 11 heavy (non-hydrogen) atoms. The Kier molecular flexibility index (Phi) is 6.30. The Labute approximate surface area is 71.7 Å². The van der Waals surface area contributed by atoms with Gasteiger partial charge in [0.1, 0.15) is 0 Å². The van der Waals surface area contributed by atoms with Crippen molar-refractivity contribution in [2.24, 2.45) is 11.8 Å². The molecule has 0 N–H and O–H groups in total. The fourth-order valence-electron chi connectivity index (χ4n) is 1.12. The highest BCUT2D eigenvalue weighted by atomic mass is 14.2. The standard InChI is InChI=1S/C8H14.C3H8/c1-7-5-3-4-6-8(7)2;1-3-2/h3,5,7-8H,4,6H2,1-2H3;3H2,1-2H3. The van der Waals surface area contributed by atoms with E-state index in [1.165, 1.54) is 19.3 Å². The van der Waals surface area contributed by atoms with Crippen LogP contribution in [0.1, 0.15) is 47.0 Å². The highest BCUT2D eigenvalue weighted by molar-refractivity contribution is 4.93. The summed E-state index contributed by atoms with van der Waals surface area (Å²) in [6, 6.07) is 0. The third kappa shape index (κ3) is 5.06. The van der Waals surface area contributed by atoms with E-state index in [4.69, 9.17) is 0 Å². The zero-order chi connectivity index (χ0) is 8.69. The van der Waals surface area contributed by atoms with Gasteiger partial charge >= 0.3 is 0 Å². The molecule has 0 nitrogen and oxygen atoms in total. The summed E-state index contributed by atoms with van der Waals surface area (Å²) in [6.45, 7) is 8.87. The van der Waals surface area contributed by atoms with E-state index in [1.54, 1.807) is 0 Å². The molecular weight excluding hydrogens is 132 g/mol. The molecule has 0 spiro atoms. The molecule has 0 saturated heterocycles. The molecule has 0 fully saturated rings. The fraction of sp³-hybridized carbons (Fsp3) is 0.818. The van der Waals surface area contributed by atoms with Crippen LogP contribution in [0, 0.1) is 11.8 Å². The monoisotopic (exact) mass is 154 g/mol. The predicted molar refractivity (Wildman–Crippen MR) is 52.7 cm³/mol. The minimum absolute atomic E-state index is 0.823. The number of allylic oxidation sites excluding steroid dienone is 2. The molecule has 0 saturated carbocycles. The molecule has 0 aromatic rings. The second-order valence-corrected chi connectivity index (χ2v) is 3.55. The molecule has 0 bridgehead atoms. The van der Waals surface area contributed by atoms with E-state index < -0.39 is 0 Å². The number of hydrogen-bond acceptors (Lipinski definition) is 0. The lowest BCUT2D eigenvalue weighted by Gasteiger charge is -2.19. The quantitative estimate of drug-likeness (QED) is 0.462. The van der Waals surface area contributed by atoms with E-state index in [-0.39, 0.29) is 0 Å². The topological polar surface area (TPSA) is 0 Å². The van der Waals surface area contributed by atoms with Gasteiger partial charge in [0.2, 0.25) is 0 Å². The molecule has 0 radical (unpaired) electrons. The van der Waals surface area contributed by atoms with Gasteiger partial charge in [-0.05, 0) is 24.7 Å². The largest absolute Gasteiger partial charge is 0.0882 e. The Morgan fingerprint density at radius 2 is 1.82 bits per heavy atom. The van der Waals surface area contributed by atoms with Crippen LogP contribution in [-0.4, -0.2) is 0 Å². The highest BCUT2D eigenvalue weighted by Gasteiger charge is 2.10. The third-order valence-corrected chi connectivity index (χ3v) is 2.13. The molecule has 0 aliphatic heterocycles. The minimum Gasteiger partial charge on any atom is -0.0882 e. The molecule has 0 aromatic heterocycles. The van der Waals surface area contributed by atoms with Gasteiger partial charge in [0.15, 0.2) is 0 Å². The maximum atomic E-state index is 2.33. The average molecular weight is 154 g/mol. The first-order chi connectivity index (χ1) is 5.22. The Balaban J connectivity index is 0.000000292. The van der Waals surface area contributed by atoms with Crippen molar-refractivity contribution in [2.45, 2.75) is 47.0 Å². The molecule has 0 amide bonds. The van der Waals surface area contributed by atoms with Crippen molar-refractivity contribution in [2.75, 3.05) is 0 Å². The van der Waals surface area contributed by atoms with Gasteiger partial charge in [0.05, 0.1) is 0 Å². The summed E-state index contributed by atoms with van der Waals surface area (Å²) in [6.07, 6.45) is 8.56.